The van der Waals surface area contributed by atoms with Gasteiger partial charge in [0.15, 0.2) is 0 Å². The van der Waals surface area contributed by atoms with Crippen molar-refractivity contribution >= 4 is 11.8 Å². The molecule has 0 bridgehead atoms. The van der Waals surface area contributed by atoms with Crippen LogP contribution < -0.4 is 4.74 Å². The predicted molar refractivity (Wildman–Crippen MR) is 125 cm³/mol. The highest BCUT2D eigenvalue weighted by Gasteiger charge is 2.30. The van der Waals surface area contributed by atoms with Gasteiger partial charge in [0.05, 0.1) is 13.2 Å². The second-order valence-corrected chi connectivity index (χ2v) is 9.30. The molecule has 0 radical (unpaired) electrons. The second kappa shape index (κ2) is 11.1. The van der Waals surface area contributed by atoms with Crippen LogP contribution in [-0.2, 0) is 4.79 Å². The summed E-state index contributed by atoms with van der Waals surface area (Å²) in [6.07, 6.45) is 6.15. The number of carbonyl (C=O) groups excluding carboxylic acids is 2. The fraction of sp³-hybridized carbons (Fsp3) is 0.680. The van der Waals surface area contributed by atoms with E-state index in [1.54, 1.807) is 0 Å². The summed E-state index contributed by atoms with van der Waals surface area (Å²) in [5.41, 5.74) is 0.696. The zero-order valence-electron chi connectivity index (χ0n) is 19.5. The lowest BCUT2D eigenvalue weighted by Gasteiger charge is -2.43. The highest BCUT2D eigenvalue weighted by Crippen LogP contribution is 2.25. The van der Waals surface area contributed by atoms with Gasteiger partial charge in [0, 0.05) is 64.0 Å². The summed E-state index contributed by atoms with van der Waals surface area (Å²) in [4.78, 5) is 34.3. The highest BCUT2D eigenvalue weighted by atomic mass is 16.5. The van der Waals surface area contributed by atoms with Gasteiger partial charge in [0.1, 0.15) is 5.75 Å². The first-order chi connectivity index (χ1) is 15.6. The minimum Gasteiger partial charge on any atom is -0.494 e. The van der Waals surface area contributed by atoms with Crippen LogP contribution in [0.15, 0.2) is 24.3 Å². The van der Waals surface area contributed by atoms with Gasteiger partial charge >= 0.3 is 0 Å². The van der Waals surface area contributed by atoms with Crippen molar-refractivity contribution in [2.45, 2.75) is 45.1 Å². The Kier molecular flexibility index (Phi) is 8.03. The number of piperazine rings is 2. The molecule has 7 heteroatoms. The molecule has 1 aromatic rings. The van der Waals surface area contributed by atoms with Crippen molar-refractivity contribution in [3.63, 3.8) is 0 Å². The van der Waals surface area contributed by atoms with E-state index in [2.05, 4.69) is 16.7 Å². The van der Waals surface area contributed by atoms with Gasteiger partial charge in [0.2, 0.25) is 5.91 Å². The van der Waals surface area contributed by atoms with E-state index in [-0.39, 0.29) is 11.8 Å². The molecule has 0 spiro atoms. The van der Waals surface area contributed by atoms with E-state index in [9.17, 15) is 9.59 Å². The smallest absolute Gasteiger partial charge is 0.253 e. The molecule has 1 saturated carbocycles. The fourth-order valence-corrected chi connectivity index (χ4v) is 4.70. The van der Waals surface area contributed by atoms with Crippen molar-refractivity contribution in [1.82, 2.24) is 19.6 Å². The minimum absolute atomic E-state index is 0.0585. The summed E-state index contributed by atoms with van der Waals surface area (Å²) < 4.78 is 5.68. The number of nitrogens with zero attached hydrogens (tertiary/aromatic N) is 4. The van der Waals surface area contributed by atoms with Crippen molar-refractivity contribution in [2.24, 2.45) is 0 Å². The first kappa shape index (κ1) is 23.1. The van der Waals surface area contributed by atoms with Crippen LogP contribution in [0.5, 0.6) is 5.75 Å². The van der Waals surface area contributed by atoms with E-state index in [0.717, 1.165) is 63.9 Å². The molecule has 32 heavy (non-hydrogen) atoms. The van der Waals surface area contributed by atoms with Gasteiger partial charge in [-0.1, -0.05) is 19.8 Å². The average molecular weight is 443 g/mol. The predicted octanol–water partition coefficient (Wildman–Crippen LogP) is 2.32. The van der Waals surface area contributed by atoms with E-state index in [4.69, 9.17) is 4.74 Å². The van der Waals surface area contributed by atoms with Crippen LogP contribution in [0.1, 0.15) is 49.4 Å². The van der Waals surface area contributed by atoms with Crippen LogP contribution in [-0.4, -0.2) is 103 Å². The molecule has 2 heterocycles. The molecule has 1 aliphatic carbocycles. The summed E-state index contributed by atoms with van der Waals surface area (Å²) in [5, 5.41) is 0. The third kappa shape index (κ3) is 5.81. The lowest BCUT2D eigenvalue weighted by molar-refractivity contribution is -0.135. The third-order valence-electron chi connectivity index (χ3n) is 7.14. The Balaban J connectivity index is 1.17. The zero-order chi connectivity index (χ0) is 22.3. The first-order valence-electron chi connectivity index (χ1n) is 12.4. The minimum atomic E-state index is 0.0585. The molecule has 2 saturated heterocycles. The molecule has 2 aliphatic heterocycles. The molecule has 2 amide bonds. The Morgan fingerprint density at radius 2 is 1.56 bits per heavy atom. The summed E-state index contributed by atoms with van der Waals surface area (Å²) >= 11 is 0. The van der Waals surface area contributed by atoms with Gasteiger partial charge in [-0.25, -0.2) is 0 Å². The van der Waals surface area contributed by atoms with E-state index >= 15 is 0 Å². The Labute approximate surface area is 192 Å². The molecule has 0 aromatic heterocycles. The molecular formula is C25H38N4O3. The van der Waals surface area contributed by atoms with Crippen molar-refractivity contribution < 1.29 is 14.3 Å². The molecular weight excluding hydrogens is 404 g/mol. The average Bonchev–Trinajstić information content (AvgIpc) is 2.79. The highest BCUT2D eigenvalue weighted by molar-refractivity contribution is 5.94. The van der Waals surface area contributed by atoms with Gasteiger partial charge in [-0.2, -0.15) is 0 Å². The number of ether oxygens (including phenoxy) is 1. The normalized spacial score (nSPS) is 20.8. The number of hydrogen-bond acceptors (Lipinski definition) is 5. The van der Waals surface area contributed by atoms with Gasteiger partial charge in [-0.05, 0) is 43.5 Å². The SMILES string of the molecule is CCCCOc1ccc(C(=O)N2CCN(CC(=O)N3CCN(C4CCC4)CC3)CC2)cc1. The van der Waals surface area contributed by atoms with Crippen LogP contribution in [0, 0.1) is 0 Å². The molecule has 3 fully saturated rings. The number of hydrogen-bond donors (Lipinski definition) is 0. The number of rotatable bonds is 8. The molecule has 1 aromatic carbocycles. The molecule has 7 nitrogen and oxygen atoms in total. The van der Waals surface area contributed by atoms with Crippen molar-refractivity contribution in [2.75, 3.05) is 65.5 Å². The number of amides is 2. The topological polar surface area (TPSA) is 56.3 Å². The maximum atomic E-state index is 12.8. The summed E-state index contributed by atoms with van der Waals surface area (Å²) in [6, 6.07) is 8.22. The molecule has 0 atom stereocenters. The van der Waals surface area contributed by atoms with E-state index in [1.807, 2.05) is 34.1 Å². The number of benzene rings is 1. The van der Waals surface area contributed by atoms with Crippen LogP contribution in [0.25, 0.3) is 0 Å². The summed E-state index contributed by atoms with van der Waals surface area (Å²) in [6.45, 7) is 9.87. The van der Waals surface area contributed by atoms with Gasteiger partial charge in [-0.3, -0.25) is 19.4 Å². The zero-order valence-corrected chi connectivity index (χ0v) is 19.5. The van der Waals surface area contributed by atoms with E-state index in [0.29, 0.717) is 31.8 Å². The summed E-state index contributed by atoms with van der Waals surface area (Å²) in [7, 11) is 0. The molecule has 176 valence electrons. The monoisotopic (exact) mass is 442 g/mol. The van der Waals surface area contributed by atoms with Crippen molar-refractivity contribution in [3.05, 3.63) is 29.8 Å². The Morgan fingerprint density at radius 1 is 0.906 bits per heavy atom. The quantitative estimate of drug-likeness (QED) is 0.579. The maximum absolute atomic E-state index is 12.8. The Bertz CT molecular complexity index is 749. The standard InChI is InChI=1S/C25H38N4O3/c1-2-3-19-32-23-9-7-21(8-10-23)25(31)29-13-11-26(12-14-29)20-24(30)28-17-15-27(16-18-28)22-5-4-6-22/h7-10,22H,2-6,11-20H2,1H3. The number of unbranched alkanes of at least 4 members (excludes halogenated alkanes) is 1. The van der Waals surface area contributed by atoms with Crippen molar-refractivity contribution in [3.8, 4) is 5.75 Å². The van der Waals surface area contributed by atoms with Crippen LogP contribution in [0.3, 0.4) is 0 Å². The van der Waals surface area contributed by atoms with Gasteiger partial charge < -0.3 is 14.5 Å². The molecule has 0 N–H and O–H groups in total. The third-order valence-corrected chi connectivity index (χ3v) is 7.14. The number of carbonyl (C=O) groups is 2. The van der Waals surface area contributed by atoms with Crippen LogP contribution >= 0.6 is 0 Å². The molecule has 0 unspecified atom stereocenters. The Hall–Kier alpha value is -2.12. The van der Waals surface area contributed by atoms with E-state index in [1.165, 1.54) is 19.3 Å². The maximum Gasteiger partial charge on any atom is 0.253 e. The van der Waals surface area contributed by atoms with Crippen LogP contribution in [0.2, 0.25) is 0 Å². The lowest BCUT2D eigenvalue weighted by Crippen LogP contribution is -2.56. The van der Waals surface area contributed by atoms with Crippen molar-refractivity contribution in [1.29, 1.82) is 0 Å². The lowest BCUT2D eigenvalue weighted by atomic mass is 9.91. The first-order valence-corrected chi connectivity index (χ1v) is 12.4. The van der Waals surface area contributed by atoms with Gasteiger partial charge in [0.25, 0.3) is 5.91 Å². The van der Waals surface area contributed by atoms with Crippen LogP contribution in [0.4, 0.5) is 0 Å². The van der Waals surface area contributed by atoms with Gasteiger partial charge in [-0.15, -0.1) is 0 Å². The fourth-order valence-electron chi connectivity index (χ4n) is 4.70. The second-order valence-electron chi connectivity index (χ2n) is 9.30. The molecule has 4 rings (SSSR count). The summed E-state index contributed by atoms with van der Waals surface area (Å²) in [5.74, 6) is 1.10. The van der Waals surface area contributed by atoms with E-state index < -0.39 is 0 Å². The molecule has 3 aliphatic rings. The Morgan fingerprint density at radius 3 is 2.16 bits per heavy atom. The largest absolute Gasteiger partial charge is 0.494 e.